The molecule has 0 spiro atoms. The zero-order valence-electron chi connectivity index (χ0n) is 13.6. The lowest BCUT2D eigenvalue weighted by molar-refractivity contribution is 0.143. The summed E-state index contributed by atoms with van der Waals surface area (Å²) in [4.78, 5) is 15.2. The summed E-state index contributed by atoms with van der Waals surface area (Å²) in [7, 11) is 3.81. The Labute approximate surface area is 145 Å². The number of amides is 1. The number of thiocarbonyl (C=S) groups is 1. The molecule has 1 saturated heterocycles. The molecular formula is C15H21FN4O3S. The Hall–Kier alpha value is -2.13. The van der Waals surface area contributed by atoms with Crippen LogP contribution in [-0.2, 0) is 4.74 Å². The van der Waals surface area contributed by atoms with E-state index in [1.165, 1.54) is 17.0 Å². The summed E-state index contributed by atoms with van der Waals surface area (Å²) >= 11 is 4.71. The van der Waals surface area contributed by atoms with Gasteiger partial charge < -0.3 is 25.4 Å². The number of hydrogen-bond donors (Lipinski definition) is 2. The number of carbonyl (C=O) groups is 1. The fraction of sp³-hybridized carbons (Fsp3) is 0.467. The largest absolute Gasteiger partial charge is 0.489 e. The van der Waals surface area contributed by atoms with Gasteiger partial charge in [-0.25, -0.2) is 9.18 Å². The minimum absolute atomic E-state index is 0.134. The number of benzene rings is 1. The quantitative estimate of drug-likeness (QED) is 0.704. The maximum Gasteiger partial charge on any atom is 0.414 e. The van der Waals surface area contributed by atoms with Crippen molar-refractivity contribution < 1.29 is 18.7 Å². The average Bonchev–Trinajstić information content (AvgIpc) is 2.87. The Bertz CT molecular complexity index is 614. The maximum atomic E-state index is 14.1. The Morgan fingerprint density at radius 2 is 2.33 bits per heavy atom. The van der Waals surface area contributed by atoms with Gasteiger partial charge in [-0.2, -0.15) is 0 Å². The lowest BCUT2D eigenvalue weighted by Crippen LogP contribution is -2.37. The Morgan fingerprint density at radius 3 is 2.96 bits per heavy atom. The first-order valence-electron chi connectivity index (χ1n) is 7.45. The van der Waals surface area contributed by atoms with Crippen LogP contribution in [0.4, 0.5) is 14.9 Å². The van der Waals surface area contributed by atoms with Crippen molar-refractivity contribution in [2.45, 2.75) is 6.10 Å². The zero-order chi connectivity index (χ0) is 17.7. The molecule has 1 atom stereocenters. The number of nitrogens with one attached hydrogen (secondary N) is 1. The number of cyclic esters (lactones) is 1. The van der Waals surface area contributed by atoms with E-state index in [-0.39, 0.29) is 17.4 Å². The normalized spacial score (nSPS) is 17.1. The first kappa shape index (κ1) is 18.2. The van der Waals surface area contributed by atoms with Crippen molar-refractivity contribution in [3.63, 3.8) is 0 Å². The Morgan fingerprint density at radius 1 is 1.58 bits per heavy atom. The van der Waals surface area contributed by atoms with Gasteiger partial charge in [0, 0.05) is 12.6 Å². The predicted octanol–water partition coefficient (Wildman–Crippen LogP) is 0.924. The van der Waals surface area contributed by atoms with Crippen LogP contribution in [0, 0.1) is 5.82 Å². The van der Waals surface area contributed by atoms with Crippen molar-refractivity contribution in [3.05, 3.63) is 24.0 Å². The van der Waals surface area contributed by atoms with E-state index in [1.807, 2.05) is 19.0 Å². The standard InChI is InChI=1S/C15H21FN4O3S/c1-19(2)5-6-22-13-4-3-10(7-12(13)16)20-9-11(23-15(20)21)8-18-14(17)24/h3-4,7,11H,5-6,8-9H2,1-2H3,(H3,17,18,24)/t11-/m0/s1. The van der Waals surface area contributed by atoms with Crippen molar-refractivity contribution in [3.8, 4) is 5.75 Å². The van der Waals surface area contributed by atoms with Crippen molar-refractivity contribution >= 4 is 29.1 Å². The molecule has 2 rings (SSSR count). The first-order chi connectivity index (χ1) is 11.4. The van der Waals surface area contributed by atoms with Crippen LogP contribution in [-0.4, -0.2) is 62.5 Å². The molecule has 7 nitrogen and oxygen atoms in total. The fourth-order valence-corrected chi connectivity index (χ4v) is 2.25. The highest BCUT2D eigenvalue weighted by atomic mass is 32.1. The van der Waals surface area contributed by atoms with Crippen molar-refractivity contribution in [2.24, 2.45) is 5.73 Å². The van der Waals surface area contributed by atoms with E-state index in [2.05, 4.69) is 5.32 Å². The van der Waals surface area contributed by atoms with E-state index < -0.39 is 18.0 Å². The van der Waals surface area contributed by atoms with Gasteiger partial charge in [-0.3, -0.25) is 4.90 Å². The summed E-state index contributed by atoms with van der Waals surface area (Å²) in [5.41, 5.74) is 5.76. The molecular weight excluding hydrogens is 335 g/mol. The van der Waals surface area contributed by atoms with Gasteiger partial charge in [-0.05, 0) is 38.4 Å². The number of halogens is 1. The minimum atomic E-state index is -0.537. The molecule has 1 aromatic rings. The summed E-state index contributed by atoms with van der Waals surface area (Å²) in [5.74, 6) is -0.372. The predicted molar refractivity (Wildman–Crippen MR) is 92.9 cm³/mol. The second kappa shape index (κ2) is 8.11. The van der Waals surface area contributed by atoms with Gasteiger partial charge in [0.15, 0.2) is 16.7 Å². The van der Waals surface area contributed by atoms with Gasteiger partial charge in [-0.15, -0.1) is 0 Å². The molecule has 0 bridgehead atoms. The van der Waals surface area contributed by atoms with Gasteiger partial charge in [0.2, 0.25) is 0 Å². The number of carbonyl (C=O) groups excluding carboxylic acids is 1. The van der Waals surface area contributed by atoms with Crippen molar-refractivity contribution in [1.29, 1.82) is 0 Å². The monoisotopic (exact) mass is 356 g/mol. The molecule has 1 fully saturated rings. The molecule has 1 aliphatic heterocycles. The molecule has 0 aliphatic carbocycles. The lowest BCUT2D eigenvalue weighted by Gasteiger charge is -2.15. The fourth-order valence-electron chi connectivity index (χ4n) is 2.17. The minimum Gasteiger partial charge on any atom is -0.489 e. The second-order valence-corrected chi connectivity index (χ2v) is 6.07. The molecule has 1 aromatic carbocycles. The number of nitrogens with two attached hydrogens (primary N) is 1. The van der Waals surface area contributed by atoms with Crippen LogP contribution in [0.2, 0.25) is 0 Å². The number of nitrogens with zero attached hydrogens (tertiary/aromatic N) is 2. The molecule has 0 unspecified atom stereocenters. The van der Waals surface area contributed by atoms with E-state index in [1.54, 1.807) is 6.07 Å². The first-order valence-corrected chi connectivity index (χ1v) is 7.86. The Kier molecular flexibility index (Phi) is 6.16. The van der Waals surface area contributed by atoms with Crippen LogP contribution in [0.25, 0.3) is 0 Å². The molecule has 24 heavy (non-hydrogen) atoms. The number of likely N-dealkylation sites (N-methyl/N-ethyl adjacent to an activating group) is 1. The maximum absolute atomic E-state index is 14.1. The van der Waals surface area contributed by atoms with E-state index in [0.717, 1.165) is 0 Å². The molecule has 0 radical (unpaired) electrons. The second-order valence-electron chi connectivity index (χ2n) is 5.63. The van der Waals surface area contributed by atoms with Gasteiger partial charge in [-0.1, -0.05) is 0 Å². The number of hydrogen-bond acceptors (Lipinski definition) is 5. The molecule has 1 heterocycles. The summed E-state index contributed by atoms with van der Waals surface area (Å²) in [6, 6.07) is 4.39. The highest BCUT2D eigenvalue weighted by Gasteiger charge is 2.32. The summed E-state index contributed by atoms with van der Waals surface area (Å²) in [6.07, 6.45) is -0.941. The van der Waals surface area contributed by atoms with Crippen LogP contribution in [0.1, 0.15) is 0 Å². The zero-order valence-corrected chi connectivity index (χ0v) is 14.4. The van der Waals surface area contributed by atoms with Crippen molar-refractivity contribution in [1.82, 2.24) is 10.2 Å². The van der Waals surface area contributed by atoms with Crippen LogP contribution >= 0.6 is 12.2 Å². The SMILES string of the molecule is CN(C)CCOc1ccc(N2C[C@H](CNC(N)=S)OC2=O)cc1F. The third-order valence-corrected chi connectivity index (χ3v) is 3.55. The van der Waals surface area contributed by atoms with Gasteiger partial charge >= 0.3 is 6.09 Å². The Balaban J connectivity index is 1.98. The highest BCUT2D eigenvalue weighted by molar-refractivity contribution is 7.80. The van der Waals surface area contributed by atoms with Crippen LogP contribution in [0.15, 0.2) is 18.2 Å². The molecule has 132 valence electrons. The molecule has 1 amide bonds. The topological polar surface area (TPSA) is 80.1 Å². The van der Waals surface area contributed by atoms with E-state index in [0.29, 0.717) is 25.4 Å². The lowest BCUT2D eigenvalue weighted by atomic mass is 10.2. The summed E-state index contributed by atoms with van der Waals surface area (Å²) in [5, 5.41) is 2.87. The van der Waals surface area contributed by atoms with E-state index in [4.69, 9.17) is 27.4 Å². The smallest absolute Gasteiger partial charge is 0.414 e. The van der Waals surface area contributed by atoms with Crippen molar-refractivity contribution in [2.75, 3.05) is 45.2 Å². The molecule has 3 N–H and O–H groups in total. The molecule has 1 aliphatic rings. The molecule has 9 heteroatoms. The van der Waals surface area contributed by atoms with Gasteiger partial charge in [0.25, 0.3) is 0 Å². The highest BCUT2D eigenvalue weighted by Crippen LogP contribution is 2.27. The van der Waals surface area contributed by atoms with E-state index >= 15 is 0 Å². The van der Waals surface area contributed by atoms with E-state index in [9.17, 15) is 9.18 Å². The number of rotatable bonds is 7. The van der Waals surface area contributed by atoms with Crippen LogP contribution in [0.3, 0.4) is 0 Å². The summed E-state index contributed by atoms with van der Waals surface area (Å²) in [6.45, 7) is 1.65. The summed E-state index contributed by atoms with van der Waals surface area (Å²) < 4.78 is 24.7. The molecule has 0 aromatic heterocycles. The number of anilines is 1. The molecule has 0 saturated carbocycles. The van der Waals surface area contributed by atoms with Crippen LogP contribution in [0.5, 0.6) is 5.75 Å². The average molecular weight is 356 g/mol. The van der Waals surface area contributed by atoms with Crippen LogP contribution < -0.4 is 20.7 Å². The third-order valence-electron chi connectivity index (χ3n) is 3.40. The third kappa shape index (κ3) is 4.93. The van der Waals surface area contributed by atoms with Gasteiger partial charge in [0.05, 0.1) is 18.8 Å². The van der Waals surface area contributed by atoms with Gasteiger partial charge in [0.1, 0.15) is 12.7 Å². The number of ether oxygens (including phenoxy) is 2.